The van der Waals surface area contributed by atoms with E-state index in [1.54, 1.807) is 0 Å². The van der Waals surface area contributed by atoms with E-state index in [0.717, 1.165) is 19.4 Å². The molecule has 2 N–H and O–H groups in total. The zero-order valence-corrected chi connectivity index (χ0v) is 13.0. The fourth-order valence-electron chi connectivity index (χ4n) is 2.84. The van der Waals surface area contributed by atoms with Gasteiger partial charge in [0.15, 0.2) is 0 Å². The van der Waals surface area contributed by atoms with Crippen LogP contribution < -0.4 is 5.32 Å². The minimum absolute atomic E-state index is 0.0206. The zero-order valence-electron chi connectivity index (χ0n) is 11.5. The monoisotopic (exact) mass is 319 g/mol. The summed E-state index contributed by atoms with van der Waals surface area (Å²) in [5.41, 5.74) is 0.411. The number of benzene rings is 1. The highest BCUT2D eigenvalue weighted by atomic mass is 35.5. The first kappa shape index (κ1) is 16.0. The lowest BCUT2D eigenvalue weighted by atomic mass is 9.87. The minimum atomic E-state index is -0.776. The van der Waals surface area contributed by atoms with Gasteiger partial charge in [-0.05, 0) is 43.9 Å². The fraction of sp³-hybridized carbons (Fsp3) is 0.600. The number of piperidine rings is 1. The number of aliphatic hydroxyl groups excluding tert-OH is 1. The molecule has 0 bridgehead atoms. The predicted octanol–water partition coefficient (Wildman–Crippen LogP) is 4.33. The van der Waals surface area contributed by atoms with Crippen molar-refractivity contribution in [1.29, 1.82) is 0 Å². The molecule has 5 heteroatoms. The SMILES string of the molecule is CCC1CCNC(CC(O)c2cc(F)c(Cl)cc2Cl)C1. The highest BCUT2D eigenvalue weighted by Gasteiger charge is 2.24. The van der Waals surface area contributed by atoms with Crippen molar-refractivity contribution in [3.63, 3.8) is 0 Å². The third-order valence-electron chi connectivity index (χ3n) is 4.09. The van der Waals surface area contributed by atoms with Crippen LogP contribution in [0.5, 0.6) is 0 Å². The number of nitrogens with one attached hydrogen (secondary N) is 1. The predicted molar refractivity (Wildman–Crippen MR) is 80.8 cm³/mol. The van der Waals surface area contributed by atoms with Crippen LogP contribution in [-0.4, -0.2) is 17.7 Å². The lowest BCUT2D eigenvalue weighted by Gasteiger charge is -2.31. The summed E-state index contributed by atoms with van der Waals surface area (Å²) >= 11 is 11.7. The Balaban J connectivity index is 2.04. The highest BCUT2D eigenvalue weighted by Crippen LogP contribution is 2.32. The normalized spacial score (nSPS) is 24.6. The van der Waals surface area contributed by atoms with E-state index < -0.39 is 11.9 Å². The van der Waals surface area contributed by atoms with Gasteiger partial charge in [-0.3, -0.25) is 0 Å². The maximum Gasteiger partial charge on any atom is 0.142 e. The zero-order chi connectivity index (χ0) is 14.7. The molecule has 0 spiro atoms. The second-order valence-electron chi connectivity index (χ2n) is 5.49. The molecular weight excluding hydrogens is 300 g/mol. The van der Waals surface area contributed by atoms with E-state index in [0.29, 0.717) is 22.9 Å². The summed E-state index contributed by atoms with van der Waals surface area (Å²) in [5.74, 6) is 0.152. The third-order valence-corrected chi connectivity index (χ3v) is 4.70. The summed E-state index contributed by atoms with van der Waals surface area (Å²) in [5, 5.41) is 14.0. The molecule has 2 rings (SSSR count). The van der Waals surface area contributed by atoms with E-state index >= 15 is 0 Å². The van der Waals surface area contributed by atoms with Gasteiger partial charge in [-0.25, -0.2) is 4.39 Å². The van der Waals surface area contributed by atoms with Gasteiger partial charge >= 0.3 is 0 Å². The quantitative estimate of drug-likeness (QED) is 0.809. The van der Waals surface area contributed by atoms with E-state index in [-0.39, 0.29) is 11.1 Å². The van der Waals surface area contributed by atoms with E-state index in [1.165, 1.54) is 18.6 Å². The van der Waals surface area contributed by atoms with E-state index in [9.17, 15) is 9.50 Å². The minimum Gasteiger partial charge on any atom is -0.388 e. The lowest BCUT2D eigenvalue weighted by Crippen LogP contribution is -2.38. The van der Waals surface area contributed by atoms with Crippen LogP contribution in [0, 0.1) is 11.7 Å². The molecule has 1 aliphatic heterocycles. The summed E-state index contributed by atoms with van der Waals surface area (Å²) in [6.07, 6.45) is 3.14. The van der Waals surface area contributed by atoms with Gasteiger partial charge < -0.3 is 10.4 Å². The molecule has 1 aliphatic rings. The van der Waals surface area contributed by atoms with E-state index in [4.69, 9.17) is 23.2 Å². The van der Waals surface area contributed by atoms with Gasteiger partial charge in [-0.2, -0.15) is 0 Å². The van der Waals surface area contributed by atoms with Gasteiger partial charge in [0.05, 0.1) is 11.1 Å². The Bertz CT molecular complexity index is 469. The molecule has 0 amide bonds. The number of hydrogen-bond donors (Lipinski definition) is 2. The van der Waals surface area contributed by atoms with Crippen molar-refractivity contribution in [2.24, 2.45) is 5.92 Å². The maximum absolute atomic E-state index is 13.5. The molecule has 1 saturated heterocycles. The van der Waals surface area contributed by atoms with Crippen LogP contribution in [0.2, 0.25) is 10.0 Å². The van der Waals surface area contributed by atoms with Gasteiger partial charge in [-0.1, -0.05) is 36.5 Å². The second kappa shape index (κ2) is 7.08. The van der Waals surface area contributed by atoms with Crippen molar-refractivity contribution >= 4 is 23.2 Å². The van der Waals surface area contributed by atoms with Gasteiger partial charge in [0, 0.05) is 16.6 Å². The number of rotatable bonds is 4. The van der Waals surface area contributed by atoms with E-state index in [2.05, 4.69) is 12.2 Å². The fourth-order valence-corrected chi connectivity index (χ4v) is 3.34. The Morgan fingerprint density at radius 2 is 2.15 bits per heavy atom. The summed E-state index contributed by atoms with van der Waals surface area (Å²) < 4.78 is 13.5. The molecule has 0 aromatic heterocycles. The standard InChI is InChI=1S/C15H20Cl2FNO/c1-2-9-3-4-19-10(5-9)6-15(20)11-7-14(18)13(17)8-12(11)16/h7-10,15,19-20H,2-6H2,1H3. The summed E-state index contributed by atoms with van der Waals surface area (Å²) in [7, 11) is 0. The van der Waals surface area contributed by atoms with E-state index in [1.807, 2.05) is 0 Å². The van der Waals surface area contributed by atoms with Crippen molar-refractivity contribution in [2.45, 2.75) is 44.8 Å². The first-order chi connectivity index (χ1) is 9.51. The topological polar surface area (TPSA) is 32.3 Å². The van der Waals surface area contributed by atoms with Crippen LogP contribution in [-0.2, 0) is 0 Å². The molecule has 1 heterocycles. The number of hydrogen-bond acceptors (Lipinski definition) is 2. The molecule has 0 aliphatic carbocycles. The molecule has 20 heavy (non-hydrogen) atoms. The Labute approximate surface area is 129 Å². The third kappa shape index (κ3) is 3.85. The van der Waals surface area contributed by atoms with Crippen molar-refractivity contribution in [3.8, 4) is 0 Å². The summed E-state index contributed by atoms with van der Waals surface area (Å²) in [6.45, 7) is 3.16. The molecule has 112 valence electrons. The van der Waals surface area contributed by atoms with Crippen molar-refractivity contribution in [3.05, 3.63) is 33.6 Å². The maximum atomic E-state index is 13.5. The van der Waals surface area contributed by atoms with Crippen molar-refractivity contribution in [2.75, 3.05) is 6.54 Å². The molecule has 0 saturated carbocycles. The second-order valence-corrected chi connectivity index (χ2v) is 6.30. The van der Waals surface area contributed by atoms with Crippen LogP contribution >= 0.6 is 23.2 Å². The number of aliphatic hydroxyl groups is 1. The molecule has 0 radical (unpaired) electrons. The molecule has 2 nitrogen and oxygen atoms in total. The molecular formula is C15H20Cl2FNO. The Kier molecular flexibility index (Phi) is 5.67. The molecule has 1 aromatic rings. The molecule has 3 atom stereocenters. The van der Waals surface area contributed by atoms with Crippen molar-refractivity contribution in [1.82, 2.24) is 5.32 Å². The van der Waals surface area contributed by atoms with Gasteiger partial charge in [0.25, 0.3) is 0 Å². The highest BCUT2D eigenvalue weighted by molar-refractivity contribution is 6.35. The van der Waals surface area contributed by atoms with Crippen molar-refractivity contribution < 1.29 is 9.50 Å². The smallest absolute Gasteiger partial charge is 0.142 e. The Morgan fingerprint density at radius 3 is 2.85 bits per heavy atom. The Morgan fingerprint density at radius 1 is 1.40 bits per heavy atom. The average Bonchev–Trinajstić information content (AvgIpc) is 2.43. The van der Waals surface area contributed by atoms with Gasteiger partial charge in [0.1, 0.15) is 5.82 Å². The summed E-state index contributed by atoms with van der Waals surface area (Å²) in [6, 6.07) is 2.83. The number of halogens is 3. The summed E-state index contributed by atoms with van der Waals surface area (Å²) in [4.78, 5) is 0. The van der Waals surface area contributed by atoms with Crippen LogP contribution in [0.1, 0.15) is 44.3 Å². The molecule has 1 aromatic carbocycles. The molecule has 1 fully saturated rings. The van der Waals surface area contributed by atoms with Crippen LogP contribution in [0.25, 0.3) is 0 Å². The first-order valence-corrected chi connectivity index (χ1v) is 7.82. The largest absolute Gasteiger partial charge is 0.388 e. The van der Waals surface area contributed by atoms with Crippen LogP contribution in [0.3, 0.4) is 0 Å². The average molecular weight is 320 g/mol. The first-order valence-electron chi connectivity index (χ1n) is 7.07. The van der Waals surface area contributed by atoms with Gasteiger partial charge in [0.2, 0.25) is 0 Å². The lowest BCUT2D eigenvalue weighted by molar-refractivity contribution is 0.135. The van der Waals surface area contributed by atoms with Crippen LogP contribution in [0.4, 0.5) is 4.39 Å². The van der Waals surface area contributed by atoms with Crippen LogP contribution in [0.15, 0.2) is 12.1 Å². The van der Waals surface area contributed by atoms with Gasteiger partial charge in [-0.15, -0.1) is 0 Å². The molecule has 3 unspecified atom stereocenters. The Hall–Kier alpha value is -0.350.